The van der Waals surface area contributed by atoms with E-state index in [1.807, 2.05) is 14.1 Å². The number of carbonyl (C=O) groups excluding carboxylic acids is 1. The second-order valence-corrected chi connectivity index (χ2v) is 5.13. The normalized spacial score (nSPS) is 12.6. The highest BCUT2D eigenvalue weighted by atomic mass is 16.2. The molecule has 0 aliphatic rings. The van der Waals surface area contributed by atoms with Crippen LogP contribution in [0.5, 0.6) is 0 Å². The van der Waals surface area contributed by atoms with Crippen LogP contribution in [0.3, 0.4) is 0 Å². The first-order chi connectivity index (χ1) is 8.93. The quantitative estimate of drug-likeness (QED) is 0.797. The summed E-state index contributed by atoms with van der Waals surface area (Å²) in [5.41, 5.74) is 0.330. The SMILES string of the molecule is CNc1cncc(C(=O)NC(CN(C)C)C(C)C)n1. The topological polar surface area (TPSA) is 70.2 Å². The van der Waals surface area contributed by atoms with Crippen LogP contribution in [-0.2, 0) is 0 Å². The summed E-state index contributed by atoms with van der Waals surface area (Å²) >= 11 is 0. The Balaban J connectivity index is 2.75. The van der Waals surface area contributed by atoms with E-state index in [9.17, 15) is 4.79 Å². The van der Waals surface area contributed by atoms with Crippen molar-refractivity contribution in [2.24, 2.45) is 5.92 Å². The maximum absolute atomic E-state index is 12.1. The van der Waals surface area contributed by atoms with Gasteiger partial charge in [0.15, 0.2) is 0 Å². The van der Waals surface area contributed by atoms with Crippen molar-refractivity contribution in [3.8, 4) is 0 Å². The number of aromatic nitrogens is 2. The monoisotopic (exact) mass is 265 g/mol. The summed E-state index contributed by atoms with van der Waals surface area (Å²) in [6.45, 7) is 4.97. The van der Waals surface area contributed by atoms with Gasteiger partial charge in [-0.15, -0.1) is 0 Å². The Kier molecular flexibility index (Phi) is 5.69. The number of amides is 1. The fourth-order valence-electron chi connectivity index (χ4n) is 1.65. The molecule has 1 unspecified atom stereocenters. The summed E-state index contributed by atoms with van der Waals surface area (Å²) in [4.78, 5) is 22.4. The average Bonchev–Trinajstić information content (AvgIpc) is 2.37. The molecular formula is C13H23N5O. The number of nitrogens with zero attached hydrogens (tertiary/aromatic N) is 3. The van der Waals surface area contributed by atoms with Gasteiger partial charge in [0.1, 0.15) is 11.5 Å². The van der Waals surface area contributed by atoms with E-state index in [0.29, 0.717) is 17.4 Å². The van der Waals surface area contributed by atoms with Crippen molar-refractivity contribution in [3.63, 3.8) is 0 Å². The molecule has 0 aliphatic carbocycles. The summed E-state index contributed by atoms with van der Waals surface area (Å²) < 4.78 is 0. The van der Waals surface area contributed by atoms with E-state index in [4.69, 9.17) is 0 Å². The van der Waals surface area contributed by atoms with Crippen molar-refractivity contribution in [3.05, 3.63) is 18.1 Å². The first kappa shape index (κ1) is 15.4. The molecule has 0 radical (unpaired) electrons. The number of rotatable bonds is 6. The van der Waals surface area contributed by atoms with Crippen molar-refractivity contribution in [1.29, 1.82) is 0 Å². The molecule has 0 bridgehead atoms. The fourth-order valence-corrected chi connectivity index (χ4v) is 1.65. The maximum atomic E-state index is 12.1. The van der Waals surface area contributed by atoms with Crippen molar-refractivity contribution in [2.75, 3.05) is 33.0 Å². The number of anilines is 1. The van der Waals surface area contributed by atoms with E-state index in [0.717, 1.165) is 6.54 Å². The second kappa shape index (κ2) is 7.04. The van der Waals surface area contributed by atoms with Crippen molar-refractivity contribution in [1.82, 2.24) is 20.2 Å². The van der Waals surface area contributed by atoms with Crippen molar-refractivity contribution < 1.29 is 4.79 Å². The van der Waals surface area contributed by atoms with E-state index in [1.54, 1.807) is 13.2 Å². The summed E-state index contributed by atoms with van der Waals surface area (Å²) in [5.74, 6) is 0.748. The molecule has 1 atom stereocenters. The molecular weight excluding hydrogens is 242 g/mol. The Morgan fingerprint density at radius 2 is 2.05 bits per heavy atom. The Hall–Kier alpha value is -1.69. The Bertz CT molecular complexity index is 419. The van der Waals surface area contributed by atoms with Gasteiger partial charge in [0, 0.05) is 19.6 Å². The van der Waals surface area contributed by atoms with Gasteiger partial charge in [0.05, 0.1) is 12.4 Å². The molecule has 1 aromatic heterocycles. The van der Waals surface area contributed by atoms with Crippen LogP contribution in [0.1, 0.15) is 24.3 Å². The first-order valence-electron chi connectivity index (χ1n) is 6.39. The highest BCUT2D eigenvalue weighted by Crippen LogP contribution is 2.06. The van der Waals surface area contributed by atoms with Crippen LogP contribution in [0.4, 0.5) is 5.82 Å². The van der Waals surface area contributed by atoms with E-state index >= 15 is 0 Å². The third-order valence-electron chi connectivity index (χ3n) is 2.81. The molecule has 1 amide bonds. The molecule has 0 saturated heterocycles. The largest absolute Gasteiger partial charge is 0.372 e. The van der Waals surface area contributed by atoms with Gasteiger partial charge in [0.2, 0.25) is 0 Å². The van der Waals surface area contributed by atoms with E-state index < -0.39 is 0 Å². The van der Waals surface area contributed by atoms with Gasteiger partial charge in [-0.3, -0.25) is 9.78 Å². The number of carbonyl (C=O) groups is 1. The molecule has 1 aromatic rings. The third-order valence-corrected chi connectivity index (χ3v) is 2.81. The molecule has 1 rings (SSSR count). The number of nitrogens with one attached hydrogen (secondary N) is 2. The van der Waals surface area contributed by atoms with Crippen LogP contribution >= 0.6 is 0 Å². The predicted molar refractivity (Wildman–Crippen MR) is 76.2 cm³/mol. The van der Waals surface area contributed by atoms with E-state index in [-0.39, 0.29) is 11.9 Å². The van der Waals surface area contributed by atoms with Gasteiger partial charge in [-0.25, -0.2) is 4.98 Å². The standard InChI is InChI=1S/C13H23N5O/c1-9(2)11(8-18(4)5)17-13(19)10-6-15-7-12(14-3)16-10/h6-7,9,11H,8H2,1-5H3,(H,14,16)(H,17,19). The lowest BCUT2D eigenvalue weighted by molar-refractivity contribution is 0.0911. The molecule has 19 heavy (non-hydrogen) atoms. The minimum Gasteiger partial charge on any atom is -0.372 e. The Labute approximate surface area is 114 Å². The van der Waals surface area contributed by atoms with E-state index in [1.165, 1.54) is 6.20 Å². The van der Waals surface area contributed by atoms with Gasteiger partial charge in [0.25, 0.3) is 5.91 Å². The molecule has 2 N–H and O–H groups in total. The minimum atomic E-state index is -0.190. The molecule has 0 saturated carbocycles. The fraction of sp³-hybridized carbons (Fsp3) is 0.615. The van der Waals surface area contributed by atoms with Crippen LogP contribution in [0.25, 0.3) is 0 Å². The molecule has 0 fully saturated rings. The number of hydrogen-bond donors (Lipinski definition) is 2. The molecule has 0 aromatic carbocycles. The van der Waals surface area contributed by atoms with E-state index in [2.05, 4.69) is 39.3 Å². The lowest BCUT2D eigenvalue weighted by Gasteiger charge is -2.25. The van der Waals surface area contributed by atoms with Gasteiger partial charge in [-0.1, -0.05) is 13.8 Å². The molecule has 6 nitrogen and oxygen atoms in total. The van der Waals surface area contributed by atoms with Gasteiger partial charge >= 0.3 is 0 Å². The average molecular weight is 265 g/mol. The minimum absolute atomic E-state index is 0.0857. The zero-order valence-corrected chi connectivity index (χ0v) is 12.3. The summed E-state index contributed by atoms with van der Waals surface area (Å²) in [7, 11) is 5.72. The maximum Gasteiger partial charge on any atom is 0.271 e. The third kappa shape index (κ3) is 4.82. The summed E-state index contributed by atoms with van der Waals surface area (Å²) in [5, 5.41) is 5.87. The lowest BCUT2D eigenvalue weighted by atomic mass is 10.0. The van der Waals surface area contributed by atoms with Crippen molar-refractivity contribution >= 4 is 11.7 Å². The highest BCUT2D eigenvalue weighted by molar-refractivity contribution is 5.92. The molecule has 0 aliphatic heterocycles. The van der Waals surface area contributed by atoms with Crippen LogP contribution < -0.4 is 10.6 Å². The van der Waals surface area contributed by atoms with Gasteiger partial charge < -0.3 is 15.5 Å². The zero-order chi connectivity index (χ0) is 14.4. The second-order valence-electron chi connectivity index (χ2n) is 5.13. The Morgan fingerprint density at radius 3 is 2.58 bits per heavy atom. The number of hydrogen-bond acceptors (Lipinski definition) is 5. The zero-order valence-electron chi connectivity index (χ0n) is 12.3. The van der Waals surface area contributed by atoms with Crippen LogP contribution in [0, 0.1) is 5.92 Å². The van der Waals surface area contributed by atoms with Crippen molar-refractivity contribution in [2.45, 2.75) is 19.9 Å². The Morgan fingerprint density at radius 1 is 1.37 bits per heavy atom. The molecule has 1 heterocycles. The summed E-state index contributed by atoms with van der Waals surface area (Å²) in [6, 6.07) is 0.0857. The lowest BCUT2D eigenvalue weighted by Crippen LogP contribution is -2.45. The van der Waals surface area contributed by atoms with Gasteiger partial charge in [-0.05, 0) is 20.0 Å². The predicted octanol–water partition coefficient (Wildman–Crippen LogP) is 0.834. The molecule has 6 heteroatoms. The molecule has 0 spiro atoms. The first-order valence-corrected chi connectivity index (χ1v) is 6.39. The smallest absolute Gasteiger partial charge is 0.271 e. The summed E-state index contributed by atoms with van der Waals surface area (Å²) in [6.07, 6.45) is 3.06. The molecule has 106 valence electrons. The van der Waals surface area contributed by atoms with Gasteiger partial charge in [-0.2, -0.15) is 0 Å². The van der Waals surface area contributed by atoms with Crippen LogP contribution in [-0.4, -0.2) is 54.5 Å². The number of likely N-dealkylation sites (N-methyl/N-ethyl adjacent to an activating group) is 1. The van der Waals surface area contributed by atoms with Crippen LogP contribution in [0.15, 0.2) is 12.4 Å². The highest BCUT2D eigenvalue weighted by Gasteiger charge is 2.19. The van der Waals surface area contributed by atoms with Crippen LogP contribution in [0.2, 0.25) is 0 Å².